The first-order valence-corrected chi connectivity index (χ1v) is 7.82. The topological polar surface area (TPSA) is 37.3 Å². The Morgan fingerprint density at radius 2 is 1.36 bits per heavy atom. The van der Waals surface area contributed by atoms with E-state index in [4.69, 9.17) is 0 Å². The highest BCUT2D eigenvalue weighted by Gasteiger charge is 2.02. The SMILES string of the molecule is CCC(=O)c1ccc(C)cc1.CCC(O)c1ccc(C)cc1. The monoisotopic (exact) mass is 298 g/mol. The van der Waals surface area contributed by atoms with Crippen molar-refractivity contribution in [3.63, 3.8) is 0 Å². The number of aliphatic hydroxyl groups is 1. The zero-order valence-electron chi connectivity index (χ0n) is 14.0. The molecule has 2 aromatic carbocycles. The van der Waals surface area contributed by atoms with Crippen LogP contribution in [0.15, 0.2) is 48.5 Å². The lowest BCUT2D eigenvalue weighted by molar-refractivity contribution is 0.0988. The predicted molar refractivity (Wildman–Crippen MR) is 92.2 cm³/mol. The second-order valence-corrected chi connectivity index (χ2v) is 5.48. The first-order chi connectivity index (χ1) is 10.5. The van der Waals surface area contributed by atoms with E-state index >= 15 is 0 Å². The minimum absolute atomic E-state index is 0.213. The van der Waals surface area contributed by atoms with Gasteiger partial charge < -0.3 is 5.11 Å². The second-order valence-electron chi connectivity index (χ2n) is 5.48. The van der Waals surface area contributed by atoms with Gasteiger partial charge in [0.05, 0.1) is 6.10 Å². The third-order valence-corrected chi connectivity index (χ3v) is 3.54. The van der Waals surface area contributed by atoms with Gasteiger partial charge in [0.25, 0.3) is 0 Å². The molecule has 0 aromatic heterocycles. The van der Waals surface area contributed by atoms with Gasteiger partial charge in [-0.05, 0) is 25.8 Å². The van der Waals surface area contributed by atoms with Crippen molar-refractivity contribution in [2.75, 3.05) is 0 Å². The number of hydrogen-bond donors (Lipinski definition) is 1. The molecule has 1 unspecified atom stereocenters. The zero-order chi connectivity index (χ0) is 16.5. The molecule has 0 saturated heterocycles. The van der Waals surface area contributed by atoms with Gasteiger partial charge in [0.2, 0.25) is 0 Å². The predicted octanol–water partition coefficient (Wildman–Crippen LogP) is 5.03. The highest BCUT2D eigenvalue weighted by Crippen LogP contribution is 2.15. The van der Waals surface area contributed by atoms with Crippen LogP contribution in [0, 0.1) is 13.8 Å². The molecule has 0 saturated carbocycles. The summed E-state index contributed by atoms with van der Waals surface area (Å²) in [6.07, 6.45) is 1.07. The van der Waals surface area contributed by atoms with E-state index in [0.29, 0.717) is 6.42 Å². The first kappa shape index (κ1) is 18.1. The van der Waals surface area contributed by atoms with Crippen LogP contribution in [0.1, 0.15) is 59.8 Å². The molecule has 0 radical (unpaired) electrons. The van der Waals surface area contributed by atoms with Crippen LogP contribution in [0.3, 0.4) is 0 Å². The number of aryl methyl sites for hydroxylation is 2. The Bertz CT molecular complexity index is 568. The third kappa shape index (κ3) is 5.82. The molecule has 2 aromatic rings. The number of carbonyl (C=O) groups is 1. The molecule has 0 heterocycles. The lowest BCUT2D eigenvalue weighted by Crippen LogP contribution is -1.95. The molecule has 2 heteroatoms. The Labute approximate surface area is 133 Å². The molecule has 0 aliphatic carbocycles. The van der Waals surface area contributed by atoms with Crippen LogP contribution in [-0.4, -0.2) is 10.9 Å². The lowest BCUT2D eigenvalue weighted by Gasteiger charge is -2.07. The maximum absolute atomic E-state index is 11.1. The van der Waals surface area contributed by atoms with Gasteiger partial charge in [0.1, 0.15) is 0 Å². The highest BCUT2D eigenvalue weighted by molar-refractivity contribution is 5.95. The van der Waals surface area contributed by atoms with Crippen LogP contribution in [0.4, 0.5) is 0 Å². The maximum atomic E-state index is 11.1. The van der Waals surface area contributed by atoms with Crippen LogP contribution < -0.4 is 0 Å². The van der Waals surface area contributed by atoms with Gasteiger partial charge in [-0.3, -0.25) is 4.79 Å². The number of ketones is 1. The molecule has 1 N–H and O–H groups in total. The summed E-state index contributed by atoms with van der Waals surface area (Å²) in [5, 5.41) is 9.42. The number of aliphatic hydroxyl groups excluding tert-OH is 1. The van der Waals surface area contributed by atoms with E-state index in [0.717, 1.165) is 17.5 Å². The Kier molecular flexibility index (Phi) is 7.55. The van der Waals surface area contributed by atoms with E-state index < -0.39 is 0 Å². The van der Waals surface area contributed by atoms with E-state index in [1.807, 2.05) is 76.2 Å². The van der Waals surface area contributed by atoms with Crippen molar-refractivity contribution in [2.45, 2.75) is 46.6 Å². The molecular weight excluding hydrogens is 272 g/mol. The van der Waals surface area contributed by atoms with E-state index in [2.05, 4.69) is 0 Å². The van der Waals surface area contributed by atoms with Crippen LogP contribution in [-0.2, 0) is 0 Å². The summed E-state index contributed by atoms with van der Waals surface area (Å²) >= 11 is 0. The minimum atomic E-state index is -0.296. The highest BCUT2D eigenvalue weighted by atomic mass is 16.3. The van der Waals surface area contributed by atoms with Gasteiger partial charge in [-0.1, -0.05) is 73.5 Å². The average molecular weight is 298 g/mol. The fraction of sp³-hybridized carbons (Fsp3) is 0.350. The van der Waals surface area contributed by atoms with Crippen molar-refractivity contribution in [2.24, 2.45) is 0 Å². The Balaban J connectivity index is 0.000000220. The summed E-state index contributed by atoms with van der Waals surface area (Å²) in [5.74, 6) is 0.213. The second kappa shape index (κ2) is 9.16. The molecule has 118 valence electrons. The Morgan fingerprint density at radius 3 is 1.77 bits per heavy atom. The van der Waals surface area contributed by atoms with Gasteiger partial charge in [-0.15, -0.1) is 0 Å². The molecular formula is C20H26O2. The maximum Gasteiger partial charge on any atom is 0.162 e. The van der Waals surface area contributed by atoms with Crippen molar-refractivity contribution >= 4 is 5.78 Å². The summed E-state index contributed by atoms with van der Waals surface area (Å²) < 4.78 is 0. The molecule has 1 atom stereocenters. The molecule has 0 aliphatic rings. The van der Waals surface area contributed by atoms with Gasteiger partial charge in [0, 0.05) is 12.0 Å². The van der Waals surface area contributed by atoms with E-state index in [1.54, 1.807) is 0 Å². The minimum Gasteiger partial charge on any atom is -0.388 e. The molecule has 0 amide bonds. The van der Waals surface area contributed by atoms with Crippen molar-refractivity contribution in [1.29, 1.82) is 0 Å². The van der Waals surface area contributed by atoms with Gasteiger partial charge in [0.15, 0.2) is 5.78 Å². The largest absolute Gasteiger partial charge is 0.388 e. The third-order valence-electron chi connectivity index (χ3n) is 3.54. The van der Waals surface area contributed by atoms with Crippen molar-refractivity contribution < 1.29 is 9.90 Å². The number of Topliss-reactive ketones (excluding diaryl/α,β-unsaturated/α-hetero) is 1. The van der Waals surface area contributed by atoms with Gasteiger partial charge in [-0.2, -0.15) is 0 Å². The summed E-state index contributed by atoms with van der Waals surface area (Å²) in [5.41, 5.74) is 4.26. The number of carbonyl (C=O) groups excluding carboxylic acids is 1. The summed E-state index contributed by atoms with van der Waals surface area (Å²) in [6, 6.07) is 15.7. The number of hydrogen-bond acceptors (Lipinski definition) is 2. The van der Waals surface area contributed by atoms with Crippen molar-refractivity contribution in [1.82, 2.24) is 0 Å². The molecule has 0 aliphatic heterocycles. The van der Waals surface area contributed by atoms with Crippen LogP contribution in [0.5, 0.6) is 0 Å². The van der Waals surface area contributed by atoms with E-state index in [9.17, 15) is 9.90 Å². The molecule has 22 heavy (non-hydrogen) atoms. The van der Waals surface area contributed by atoms with E-state index in [-0.39, 0.29) is 11.9 Å². The standard InChI is InChI=1S/C10H14O.C10H12O/c2*1-3-10(11)9-6-4-8(2)5-7-9/h4-7,10-11H,3H2,1-2H3;4-7H,3H2,1-2H3. The zero-order valence-corrected chi connectivity index (χ0v) is 14.0. The van der Waals surface area contributed by atoms with E-state index in [1.165, 1.54) is 11.1 Å². The first-order valence-electron chi connectivity index (χ1n) is 7.82. The molecule has 2 nitrogen and oxygen atoms in total. The average Bonchev–Trinajstić information content (AvgIpc) is 2.55. The van der Waals surface area contributed by atoms with Gasteiger partial charge >= 0.3 is 0 Å². The summed E-state index contributed by atoms with van der Waals surface area (Å²) in [7, 11) is 0. The van der Waals surface area contributed by atoms with Crippen LogP contribution in [0.25, 0.3) is 0 Å². The molecule has 0 bridgehead atoms. The smallest absolute Gasteiger partial charge is 0.162 e. The van der Waals surface area contributed by atoms with Crippen LogP contribution in [0.2, 0.25) is 0 Å². The van der Waals surface area contributed by atoms with Crippen molar-refractivity contribution in [3.8, 4) is 0 Å². The fourth-order valence-electron chi connectivity index (χ4n) is 1.97. The summed E-state index contributed by atoms with van der Waals surface area (Å²) in [6.45, 7) is 7.91. The molecule has 2 rings (SSSR count). The van der Waals surface area contributed by atoms with Crippen LogP contribution >= 0.6 is 0 Å². The lowest BCUT2D eigenvalue weighted by atomic mass is 10.1. The summed E-state index contributed by atoms with van der Waals surface area (Å²) in [4.78, 5) is 11.1. The quantitative estimate of drug-likeness (QED) is 0.804. The Morgan fingerprint density at radius 1 is 0.909 bits per heavy atom. The molecule has 0 spiro atoms. The molecule has 0 fully saturated rings. The fourth-order valence-corrected chi connectivity index (χ4v) is 1.97. The van der Waals surface area contributed by atoms with Gasteiger partial charge in [-0.25, -0.2) is 0 Å². The normalized spacial score (nSPS) is 11.3. The number of rotatable bonds is 4. The number of benzene rings is 2. The van der Waals surface area contributed by atoms with Crippen molar-refractivity contribution in [3.05, 3.63) is 70.8 Å². The Hall–Kier alpha value is -1.93.